The van der Waals surface area contributed by atoms with Crippen LogP contribution in [-0.2, 0) is 9.59 Å². The lowest BCUT2D eigenvalue weighted by Gasteiger charge is -2.12. The zero-order valence-corrected chi connectivity index (χ0v) is 14.0. The van der Waals surface area contributed by atoms with Crippen LogP contribution in [0.15, 0.2) is 36.4 Å². The van der Waals surface area contributed by atoms with Crippen LogP contribution in [0.3, 0.4) is 0 Å². The average molecular weight is 324 g/mol. The number of carbonyl (C=O) groups excluding carboxylic acids is 2. The van der Waals surface area contributed by atoms with Crippen molar-refractivity contribution in [3.63, 3.8) is 0 Å². The Morgan fingerprint density at radius 2 is 1.92 bits per heavy atom. The molecule has 2 aromatic rings. The van der Waals surface area contributed by atoms with Gasteiger partial charge in [0.05, 0.1) is 13.5 Å². The first-order valence-electron chi connectivity index (χ1n) is 7.59. The second kappa shape index (κ2) is 7.59. The molecule has 1 N–H and O–H groups in total. The van der Waals surface area contributed by atoms with Crippen molar-refractivity contribution in [3.8, 4) is 22.6 Å². The van der Waals surface area contributed by atoms with Gasteiger partial charge in [-0.25, -0.2) is 0 Å². The van der Waals surface area contributed by atoms with E-state index in [1.165, 1.54) is 13.2 Å². The van der Waals surface area contributed by atoms with E-state index >= 15 is 0 Å². The molecule has 0 aliphatic rings. The number of ether oxygens (including phenoxy) is 1. The minimum absolute atomic E-state index is 0.0885. The van der Waals surface area contributed by atoms with Crippen LogP contribution in [0.1, 0.15) is 23.1 Å². The Morgan fingerprint density at radius 3 is 2.58 bits per heavy atom. The number of aldehydes is 1. The van der Waals surface area contributed by atoms with Gasteiger partial charge in [-0.1, -0.05) is 18.2 Å². The number of phenols is 1. The Kier molecular flexibility index (Phi) is 5.53. The summed E-state index contributed by atoms with van der Waals surface area (Å²) in [5.41, 5.74) is 4.92. The number of methoxy groups -OCH3 is 1. The maximum Gasteiger partial charge on any atom is 0.162 e. The van der Waals surface area contributed by atoms with Gasteiger partial charge >= 0.3 is 0 Å². The van der Waals surface area contributed by atoms with Crippen LogP contribution in [0.25, 0.3) is 17.2 Å². The largest absolute Gasteiger partial charge is 0.504 e. The quantitative estimate of drug-likeness (QED) is 0.498. The van der Waals surface area contributed by atoms with Crippen LogP contribution < -0.4 is 4.74 Å². The lowest BCUT2D eigenvalue weighted by molar-refractivity contribution is -0.118. The smallest absolute Gasteiger partial charge is 0.162 e. The van der Waals surface area contributed by atoms with Crippen LogP contribution in [0.5, 0.6) is 11.5 Å². The lowest BCUT2D eigenvalue weighted by Crippen LogP contribution is -1.94. The maximum absolute atomic E-state index is 11.5. The van der Waals surface area contributed by atoms with Crippen LogP contribution in [0, 0.1) is 13.8 Å². The topological polar surface area (TPSA) is 63.6 Å². The monoisotopic (exact) mass is 324 g/mol. The van der Waals surface area contributed by atoms with Gasteiger partial charge < -0.3 is 14.6 Å². The molecule has 0 aromatic heterocycles. The van der Waals surface area contributed by atoms with E-state index in [2.05, 4.69) is 0 Å². The predicted octanol–water partition coefficient (Wildman–Crippen LogP) is 3.86. The minimum Gasteiger partial charge on any atom is -0.504 e. The van der Waals surface area contributed by atoms with E-state index in [4.69, 9.17) is 4.74 Å². The first-order valence-corrected chi connectivity index (χ1v) is 7.59. The number of ketones is 1. The summed E-state index contributed by atoms with van der Waals surface area (Å²) in [7, 11) is 1.51. The average Bonchev–Trinajstić information content (AvgIpc) is 2.55. The highest BCUT2D eigenvalue weighted by molar-refractivity contribution is 6.00. The van der Waals surface area contributed by atoms with Crippen molar-refractivity contribution in [1.82, 2.24) is 0 Å². The first kappa shape index (κ1) is 17.5. The molecule has 4 nitrogen and oxygen atoms in total. The summed E-state index contributed by atoms with van der Waals surface area (Å²) >= 11 is 0. The molecule has 0 heterocycles. The van der Waals surface area contributed by atoms with E-state index in [0.29, 0.717) is 12.0 Å². The first-order chi connectivity index (χ1) is 11.5. The number of benzene rings is 2. The van der Waals surface area contributed by atoms with Gasteiger partial charge in [-0.15, -0.1) is 0 Å². The molecule has 0 fully saturated rings. The maximum atomic E-state index is 11.5. The van der Waals surface area contributed by atoms with Crippen LogP contribution in [-0.4, -0.2) is 24.3 Å². The highest BCUT2D eigenvalue weighted by Gasteiger charge is 2.09. The van der Waals surface area contributed by atoms with E-state index in [-0.39, 0.29) is 18.0 Å². The fourth-order valence-electron chi connectivity index (χ4n) is 2.54. The molecule has 2 aromatic carbocycles. The highest BCUT2D eigenvalue weighted by atomic mass is 16.5. The number of phenolic OH excluding ortho intramolecular Hbond substituents is 1. The summed E-state index contributed by atoms with van der Waals surface area (Å²) < 4.78 is 5.17. The molecule has 0 bridgehead atoms. The second-order valence-corrected chi connectivity index (χ2v) is 5.58. The summed E-state index contributed by atoms with van der Waals surface area (Å²) in [6, 6.07) is 9.22. The summed E-state index contributed by atoms with van der Waals surface area (Å²) in [5, 5.41) is 9.74. The van der Waals surface area contributed by atoms with Gasteiger partial charge in [0.1, 0.15) is 6.29 Å². The van der Waals surface area contributed by atoms with Crippen LogP contribution >= 0.6 is 0 Å². The van der Waals surface area contributed by atoms with Crippen LogP contribution in [0.4, 0.5) is 0 Å². The molecule has 0 radical (unpaired) electrons. The summed E-state index contributed by atoms with van der Waals surface area (Å²) in [6.45, 7) is 3.98. The normalized spacial score (nSPS) is 10.8. The minimum atomic E-state index is -0.224. The molecule has 0 spiro atoms. The Labute approximate surface area is 141 Å². The van der Waals surface area contributed by atoms with E-state index in [0.717, 1.165) is 27.8 Å². The van der Waals surface area contributed by atoms with E-state index in [1.54, 1.807) is 18.2 Å². The molecule has 24 heavy (non-hydrogen) atoms. The van der Waals surface area contributed by atoms with Crippen molar-refractivity contribution in [2.45, 2.75) is 20.3 Å². The Hall–Kier alpha value is -2.88. The third kappa shape index (κ3) is 3.90. The molecule has 2 rings (SSSR count). The van der Waals surface area contributed by atoms with Crippen molar-refractivity contribution in [3.05, 3.63) is 53.1 Å². The van der Waals surface area contributed by atoms with E-state index in [9.17, 15) is 14.7 Å². The molecule has 0 aliphatic carbocycles. The van der Waals surface area contributed by atoms with Gasteiger partial charge in [-0.3, -0.25) is 4.79 Å². The number of rotatable bonds is 6. The number of hydrogen-bond acceptors (Lipinski definition) is 4. The fourth-order valence-corrected chi connectivity index (χ4v) is 2.54. The molecule has 0 unspecified atom stereocenters. The van der Waals surface area contributed by atoms with Crippen molar-refractivity contribution < 1.29 is 19.4 Å². The molecule has 0 saturated carbocycles. The second-order valence-electron chi connectivity index (χ2n) is 5.58. The van der Waals surface area contributed by atoms with Gasteiger partial charge in [-0.2, -0.15) is 0 Å². The predicted molar refractivity (Wildman–Crippen MR) is 94.3 cm³/mol. The molecular weight excluding hydrogens is 304 g/mol. The van der Waals surface area contributed by atoms with Crippen molar-refractivity contribution in [2.24, 2.45) is 0 Å². The molecule has 124 valence electrons. The number of hydrogen-bond donors (Lipinski definition) is 1. The number of carbonyl (C=O) groups is 2. The SMILES string of the molecule is COc1cc(-c2cc(C=CC(=O)CC=O)c(C)cc2C)ccc1O. The fraction of sp³-hybridized carbons (Fsp3) is 0.200. The number of aryl methyl sites for hydroxylation is 2. The summed E-state index contributed by atoms with van der Waals surface area (Å²) in [6.07, 6.45) is 3.64. The Morgan fingerprint density at radius 1 is 1.17 bits per heavy atom. The highest BCUT2D eigenvalue weighted by Crippen LogP contribution is 2.34. The molecular formula is C20H20O4. The Bertz CT molecular complexity index is 804. The van der Waals surface area contributed by atoms with Crippen LogP contribution in [0.2, 0.25) is 0 Å². The standard InChI is InChI=1S/C20H20O4/c1-13-10-14(2)18(11-15(13)4-6-17(22)8-9-21)16-5-7-19(23)20(12-16)24-3/h4-7,9-12,23H,8H2,1-3H3. The zero-order chi connectivity index (χ0) is 17.7. The van der Waals surface area contributed by atoms with Gasteiger partial charge in [0, 0.05) is 0 Å². The molecule has 0 aliphatic heterocycles. The van der Waals surface area contributed by atoms with Crippen molar-refractivity contribution in [1.29, 1.82) is 0 Å². The summed E-state index contributed by atoms with van der Waals surface area (Å²) in [5.74, 6) is 0.272. The number of aromatic hydroxyl groups is 1. The third-order valence-electron chi connectivity index (χ3n) is 3.84. The zero-order valence-electron chi connectivity index (χ0n) is 14.0. The van der Waals surface area contributed by atoms with Crippen molar-refractivity contribution in [2.75, 3.05) is 7.11 Å². The Balaban J connectivity index is 2.46. The van der Waals surface area contributed by atoms with Crippen molar-refractivity contribution >= 4 is 18.1 Å². The van der Waals surface area contributed by atoms with Gasteiger partial charge in [0.25, 0.3) is 0 Å². The lowest BCUT2D eigenvalue weighted by atomic mass is 9.94. The van der Waals surface area contributed by atoms with Gasteiger partial charge in [0.2, 0.25) is 0 Å². The van der Waals surface area contributed by atoms with E-state index in [1.807, 2.05) is 32.0 Å². The molecule has 0 saturated heterocycles. The van der Waals surface area contributed by atoms with Gasteiger partial charge in [0.15, 0.2) is 17.3 Å². The number of allylic oxidation sites excluding steroid dienone is 1. The van der Waals surface area contributed by atoms with E-state index < -0.39 is 0 Å². The van der Waals surface area contributed by atoms with Gasteiger partial charge in [-0.05, 0) is 65.9 Å². The molecule has 0 amide bonds. The summed E-state index contributed by atoms with van der Waals surface area (Å²) in [4.78, 5) is 21.9. The third-order valence-corrected chi connectivity index (χ3v) is 3.84. The molecule has 0 atom stereocenters. The molecule has 4 heteroatoms.